The Labute approximate surface area is 119 Å². The molecule has 0 amide bonds. The number of piperidine rings is 1. The topological polar surface area (TPSA) is 115 Å². The number of halogens is 1. The van der Waals surface area contributed by atoms with Gasteiger partial charge in [-0.05, 0) is 25.2 Å². The molecule has 0 saturated carbocycles. The van der Waals surface area contributed by atoms with Crippen molar-refractivity contribution in [2.24, 2.45) is 5.92 Å². The van der Waals surface area contributed by atoms with Gasteiger partial charge in [-0.2, -0.15) is 0 Å². The Balaban J connectivity index is 0.00000324. The third-order valence-corrected chi connectivity index (χ3v) is 7.39. The van der Waals surface area contributed by atoms with Crippen molar-refractivity contribution in [3.8, 4) is 0 Å². The molecule has 1 fully saturated rings. The van der Waals surface area contributed by atoms with Crippen molar-refractivity contribution in [3.05, 3.63) is 0 Å². The number of rotatable bonds is 4. The van der Waals surface area contributed by atoms with Gasteiger partial charge in [0.05, 0.1) is 27.2 Å². The Kier molecular flexibility index (Phi) is 6.73. The molecule has 7 nitrogen and oxygen atoms in total. The molecule has 10 heteroatoms. The van der Waals surface area contributed by atoms with E-state index in [2.05, 4.69) is 14.1 Å². The molecule has 1 saturated heterocycles. The van der Waals surface area contributed by atoms with E-state index in [1.165, 1.54) is 0 Å². The highest BCUT2D eigenvalue weighted by molar-refractivity contribution is 7.70. The molecule has 0 atom stereocenters. The van der Waals surface area contributed by atoms with Gasteiger partial charge in [0.25, 0.3) is 0 Å². The van der Waals surface area contributed by atoms with Crippen LogP contribution in [0.15, 0.2) is 0 Å². The van der Waals surface area contributed by atoms with Crippen molar-refractivity contribution in [1.29, 1.82) is 0 Å². The smallest absolute Gasteiger partial charge is 0.340 e. The SMILES string of the molecule is C[N+]1(C)CCC(CC(P(=O)(O)O)P(=O)(O)O)CC1.[Cl-]. The first-order valence-electron chi connectivity index (χ1n) is 5.84. The summed E-state index contributed by atoms with van der Waals surface area (Å²) in [6, 6.07) is 0. The lowest BCUT2D eigenvalue weighted by molar-refractivity contribution is -0.896. The summed E-state index contributed by atoms with van der Waals surface area (Å²) in [6.45, 7) is 1.72. The molecular weight excluding hydrogens is 316 g/mol. The molecule has 1 aliphatic heterocycles. The van der Waals surface area contributed by atoms with Crippen LogP contribution in [0.4, 0.5) is 0 Å². The zero-order valence-corrected chi connectivity index (χ0v) is 13.6. The Hall–Kier alpha value is 0.550. The second-order valence-corrected chi connectivity index (χ2v) is 9.73. The molecule has 0 aromatic rings. The maximum Gasteiger partial charge on any atom is 0.340 e. The van der Waals surface area contributed by atoms with Gasteiger partial charge >= 0.3 is 15.2 Å². The molecule has 0 aliphatic carbocycles. The molecule has 1 heterocycles. The summed E-state index contributed by atoms with van der Waals surface area (Å²) in [4.78, 5) is 36.2. The Bertz CT molecular complexity index is 360. The molecule has 116 valence electrons. The lowest BCUT2D eigenvalue weighted by Crippen LogP contribution is -3.00. The van der Waals surface area contributed by atoms with E-state index in [1.54, 1.807) is 0 Å². The van der Waals surface area contributed by atoms with Gasteiger partial charge in [0.2, 0.25) is 0 Å². The largest absolute Gasteiger partial charge is 1.00 e. The molecule has 0 radical (unpaired) electrons. The summed E-state index contributed by atoms with van der Waals surface area (Å²) in [5, 5.41) is -1.84. The van der Waals surface area contributed by atoms with E-state index in [4.69, 9.17) is 19.6 Å². The first kappa shape index (κ1) is 19.6. The van der Waals surface area contributed by atoms with Crippen LogP contribution in [0.5, 0.6) is 0 Å². The van der Waals surface area contributed by atoms with Crippen LogP contribution in [0, 0.1) is 5.92 Å². The minimum Gasteiger partial charge on any atom is -1.00 e. The van der Waals surface area contributed by atoms with Crippen molar-refractivity contribution >= 4 is 15.2 Å². The van der Waals surface area contributed by atoms with E-state index in [9.17, 15) is 9.13 Å². The molecule has 19 heavy (non-hydrogen) atoms. The third kappa shape index (κ3) is 6.23. The van der Waals surface area contributed by atoms with Gasteiger partial charge in [0.1, 0.15) is 0 Å². The molecule has 0 aromatic carbocycles. The number of quaternary nitrogens is 1. The first-order chi connectivity index (χ1) is 7.92. The molecule has 0 bridgehead atoms. The summed E-state index contributed by atoms with van der Waals surface area (Å²) >= 11 is 0. The molecule has 0 spiro atoms. The fourth-order valence-electron chi connectivity index (χ4n) is 2.32. The van der Waals surface area contributed by atoms with Gasteiger partial charge in [0, 0.05) is 0 Å². The van der Waals surface area contributed by atoms with Gasteiger partial charge in [0.15, 0.2) is 5.40 Å². The second-order valence-electron chi connectivity index (χ2n) is 5.72. The van der Waals surface area contributed by atoms with Crippen molar-refractivity contribution in [2.75, 3.05) is 27.2 Å². The summed E-state index contributed by atoms with van der Waals surface area (Å²) in [7, 11) is -5.39. The van der Waals surface area contributed by atoms with E-state index in [0.29, 0.717) is 0 Å². The molecular formula is C9H22ClNO6P2. The highest BCUT2D eigenvalue weighted by Gasteiger charge is 2.45. The van der Waals surface area contributed by atoms with Crippen LogP contribution in [-0.4, -0.2) is 56.6 Å². The van der Waals surface area contributed by atoms with E-state index in [1.807, 2.05) is 0 Å². The summed E-state index contributed by atoms with van der Waals surface area (Å²) in [5.41, 5.74) is 0. The Morgan fingerprint density at radius 2 is 1.42 bits per heavy atom. The zero-order valence-electron chi connectivity index (χ0n) is 11.0. The van der Waals surface area contributed by atoms with Crippen LogP contribution in [0.3, 0.4) is 0 Å². The second kappa shape index (κ2) is 6.54. The zero-order chi connectivity index (χ0) is 14.2. The van der Waals surface area contributed by atoms with Crippen molar-refractivity contribution in [1.82, 2.24) is 0 Å². The van der Waals surface area contributed by atoms with E-state index in [0.717, 1.165) is 30.4 Å². The number of nitrogens with zero attached hydrogens (tertiary/aromatic N) is 1. The van der Waals surface area contributed by atoms with Crippen LogP contribution < -0.4 is 12.4 Å². The fourth-order valence-corrected chi connectivity index (χ4v) is 5.04. The molecule has 0 aromatic heterocycles. The van der Waals surface area contributed by atoms with Gasteiger partial charge in [-0.15, -0.1) is 0 Å². The highest BCUT2D eigenvalue weighted by Crippen LogP contribution is 2.62. The standard InChI is InChI=1S/C9H21NO6P2.ClH/c1-10(2)5-3-8(4-6-10)7-9(17(11,12)13)18(14,15)16;/h8-9H,3-7H2,1-2H3,(H3-,11,12,13,14,15,16);1H. The quantitative estimate of drug-likeness (QED) is 0.334. The summed E-state index contributed by atoms with van der Waals surface area (Å²) < 4.78 is 23.2. The third-order valence-electron chi connectivity index (χ3n) is 3.61. The highest BCUT2D eigenvalue weighted by atomic mass is 35.5. The molecule has 1 aliphatic rings. The van der Waals surface area contributed by atoms with Gasteiger partial charge < -0.3 is 36.5 Å². The average molecular weight is 338 g/mol. The monoisotopic (exact) mass is 337 g/mol. The van der Waals surface area contributed by atoms with Crippen molar-refractivity contribution in [3.63, 3.8) is 0 Å². The van der Waals surface area contributed by atoms with Gasteiger partial charge in [-0.3, -0.25) is 9.13 Å². The molecule has 1 rings (SSSR count). The van der Waals surface area contributed by atoms with E-state index >= 15 is 0 Å². The summed E-state index contributed by atoms with van der Waals surface area (Å²) in [6.07, 6.45) is 1.38. The normalized spacial score (nSPS) is 21.2. The molecule has 4 N–H and O–H groups in total. The average Bonchev–Trinajstić information content (AvgIpc) is 2.12. The van der Waals surface area contributed by atoms with Crippen LogP contribution in [0.25, 0.3) is 0 Å². The maximum absolute atomic E-state index is 11.2. The maximum atomic E-state index is 11.2. The lowest BCUT2D eigenvalue weighted by atomic mass is 9.93. The van der Waals surface area contributed by atoms with Crippen LogP contribution >= 0.6 is 15.2 Å². The molecule has 0 unspecified atom stereocenters. The van der Waals surface area contributed by atoms with Crippen molar-refractivity contribution in [2.45, 2.75) is 24.7 Å². The lowest BCUT2D eigenvalue weighted by Gasteiger charge is -2.38. The number of hydrogen-bond donors (Lipinski definition) is 4. The predicted octanol–water partition coefficient (Wildman–Crippen LogP) is -2.45. The summed E-state index contributed by atoms with van der Waals surface area (Å²) in [5.74, 6) is -0.0265. The first-order valence-corrected chi connectivity index (χ1v) is 9.20. The van der Waals surface area contributed by atoms with Crippen LogP contribution in [0.2, 0.25) is 0 Å². The van der Waals surface area contributed by atoms with Gasteiger partial charge in [-0.25, -0.2) is 0 Å². The van der Waals surface area contributed by atoms with Crippen LogP contribution in [0.1, 0.15) is 19.3 Å². The van der Waals surface area contributed by atoms with Crippen LogP contribution in [-0.2, 0) is 9.13 Å². The minimum absolute atomic E-state index is 0. The Morgan fingerprint density at radius 1 is 1.05 bits per heavy atom. The predicted molar refractivity (Wildman–Crippen MR) is 67.1 cm³/mol. The fraction of sp³-hybridized carbons (Fsp3) is 1.00. The van der Waals surface area contributed by atoms with E-state index < -0.39 is 20.6 Å². The Morgan fingerprint density at radius 3 is 1.74 bits per heavy atom. The number of likely N-dealkylation sites (tertiary alicyclic amines) is 1. The van der Waals surface area contributed by atoms with Crippen molar-refractivity contribution < 1.29 is 45.6 Å². The van der Waals surface area contributed by atoms with Gasteiger partial charge in [-0.1, -0.05) is 0 Å². The number of hydrogen-bond acceptors (Lipinski definition) is 2. The van der Waals surface area contributed by atoms with E-state index in [-0.39, 0.29) is 24.7 Å². The minimum atomic E-state index is -4.76.